The monoisotopic (exact) mass is 538 g/mol. The summed E-state index contributed by atoms with van der Waals surface area (Å²) in [7, 11) is 3.55. The number of hydrogen-bond acceptors (Lipinski definition) is 6. The topological polar surface area (TPSA) is 115 Å². The maximum absolute atomic E-state index is 13.4. The Labute approximate surface area is 234 Å². The van der Waals surface area contributed by atoms with Crippen LogP contribution in [0.5, 0.6) is 0 Å². The molecule has 3 atom stereocenters. The number of likely N-dealkylation sites (N-methyl/N-ethyl adjacent to an activating group) is 1. The van der Waals surface area contributed by atoms with Crippen LogP contribution >= 0.6 is 0 Å². The van der Waals surface area contributed by atoms with E-state index in [1.165, 1.54) is 20.3 Å². The molecule has 9 nitrogen and oxygen atoms in total. The molecule has 39 heavy (non-hydrogen) atoms. The van der Waals surface area contributed by atoms with Crippen LogP contribution in [0.15, 0.2) is 24.3 Å². The van der Waals surface area contributed by atoms with E-state index in [2.05, 4.69) is 15.5 Å². The van der Waals surface area contributed by atoms with E-state index < -0.39 is 6.04 Å². The summed E-state index contributed by atoms with van der Waals surface area (Å²) in [6.07, 6.45) is 7.79. The Kier molecular flexibility index (Phi) is 12.3. The van der Waals surface area contributed by atoms with E-state index in [0.29, 0.717) is 26.1 Å². The highest BCUT2D eigenvalue weighted by molar-refractivity contribution is 6.39. The number of hydrogen-bond donors (Lipinski definition) is 3. The lowest BCUT2D eigenvalue weighted by Crippen LogP contribution is -2.55. The predicted octanol–water partition coefficient (Wildman–Crippen LogP) is 3.08. The van der Waals surface area contributed by atoms with Gasteiger partial charge in [-0.3, -0.25) is 19.8 Å². The second-order valence-electron chi connectivity index (χ2n) is 10.9. The molecule has 1 aromatic rings. The zero-order chi connectivity index (χ0) is 28.2. The minimum absolute atomic E-state index is 0.0401. The lowest BCUT2D eigenvalue weighted by atomic mass is 9.68. The normalized spacial score (nSPS) is 19.2. The SMILES string of the molecule is CCC(=O)N[C@@H](C(=O)N1CCN(C)CC1)[C@@H](C)c1ccc(CNC(=O)[C@@H]([B]OC=N)C2CCCCCC2)cc1. The molecule has 2 aliphatic rings. The van der Waals surface area contributed by atoms with Crippen molar-refractivity contribution in [1.82, 2.24) is 20.4 Å². The lowest BCUT2D eigenvalue weighted by Gasteiger charge is -2.36. The molecular formula is C29H45BN5O4. The van der Waals surface area contributed by atoms with E-state index in [1.54, 1.807) is 6.92 Å². The number of rotatable bonds is 12. The first-order chi connectivity index (χ1) is 18.8. The molecule has 2 fully saturated rings. The number of piperazine rings is 1. The third-order valence-corrected chi connectivity index (χ3v) is 8.19. The van der Waals surface area contributed by atoms with E-state index in [4.69, 9.17) is 10.1 Å². The first kappa shape index (κ1) is 30.7. The Morgan fingerprint density at radius 3 is 2.31 bits per heavy atom. The molecule has 1 saturated heterocycles. The van der Waals surface area contributed by atoms with Crippen LogP contribution in [0.25, 0.3) is 0 Å². The molecule has 1 radical (unpaired) electrons. The Hall–Kier alpha value is -2.88. The summed E-state index contributed by atoms with van der Waals surface area (Å²) in [6, 6.07) is 7.24. The highest BCUT2D eigenvalue weighted by atomic mass is 16.4. The van der Waals surface area contributed by atoms with Crippen molar-refractivity contribution >= 4 is 31.6 Å². The van der Waals surface area contributed by atoms with E-state index in [9.17, 15) is 14.4 Å². The van der Waals surface area contributed by atoms with Gasteiger partial charge in [0.05, 0.1) is 5.82 Å². The molecule has 10 heteroatoms. The summed E-state index contributed by atoms with van der Waals surface area (Å²) >= 11 is 0. The van der Waals surface area contributed by atoms with Crippen molar-refractivity contribution in [3.8, 4) is 0 Å². The van der Waals surface area contributed by atoms with Crippen molar-refractivity contribution in [2.75, 3.05) is 33.2 Å². The van der Waals surface area contributed by atoms with Crippen molar-refractivity contribution in [2.24, 2.45) is 5.92 Å². The molecule has 213 valence electrons. The van der Waals surface area contributed by atoms with Gasteiger partial charge < -0.3 is 25.1 Å². The first-order valence-corrected chi connectivity index (χ1v) is 14.4. The third kappa shape index (κ3) is 9.09. The Balaban J connectivity index is 1.63. The highest BCUT2D eigenvalue weighted by Gasteiger charge is 2.33. The Morgan fingerprint density at radius 2 is 1.72 bits per heavy atom. The van der Waals surface area contributed by atoms with Crippen molar-refractivity contribution in [2.45, 2.75) is 83.1 Å². The zero-order valence-corrected chi connectivity index (χ0v) is 23.8. The van der Waals surface area contributed by atoms with Gasteiger partial charge in [0, 0.05) is 45.1 Å². The molecule has 3 amide bonds. The fraction of sp³-hybridized carbons (Fsp3) is 0.655. The highest BCUT2D eigenvalue weighted by Crippen LogP contribution is 2.32. The first-order valence-electron chi connectivity index (χ1n) is 14.4. The second-order valence-corrected chi connectivity index (χ2v) is 10.9. The number of carbonyl (C=O) groups is 3. The van der Waals surface area contributed by atoms with Crippen molar-refractivity contribution in [1.29, 1.82) is 5.41 Å². The van der Waals surface area contributed by atoms with Gasteiger partial charge in [0.1, 0.15) is 12.4 Å². The van der Waals surface area contributed by atoms with Crippen LogP contribution in [0, 0.1) is 11.3 Å². The van der Waals surface area contributed by atoms with E-state index >= 15 is 0 Å². The molecule has 0 bridgehead atoms. The van der Waals surface area contributed by atoms with Gasteiger partial charge in [-0.05, 0) is 24.1 Å². The van der Waals surface area contributed by atoms with E-state index in [0.717, 1.165) is 56.3 Å². The molecule has 1 heterocycles. The molecule has 3 rings (SSSR count). The summed E-state index contributed by atoms with van der Waals surface area (Å²) < 4.78 is 5.12. The summed E-state index contributed by atoms with van der Waals surface area (Å²) in [4.78, 5) is 42.9. The molecule has 0 unspecified atom stereocenters. The quantitative estimate of drug-likeness (QED) is 0.164. The largest absolute Gasteiger partial charge is 0.555 e. The van der Waals surface area contributed by atoms with Crippen LogP contribution in [0.4, 0.5) is 0 Å². The fourth-order valence-corrected chi connectivity index (χ4v) is 5.52. The molecule has 1 aliphatic heterocycles. The van der Waals surface area contributed by atoms with Crippen LogP contribution < -0.4 is 10.6 Å². The zero-order valence-electron chi connectivity index (χ0n) is 23.8. The van der Waals surface area contributed by atoms with Gasteiger partial charge in [0.2, 0.25) is 17.7 Å². The minimum Gasteiger partial charge on any atom is -0.555 e. The molecule has 3 N–H and O–H groups in total. The van der Waals surface area contributed by atoms with Gasteiger partial charge in [-0.15, -0.1) is 0 Å². The average Bonchev–Trinajstić information content (AvgIpc) is 3.24. The van der Waals surface area contributed by atoms with Crippen LogP contribution in [0.2, 0.25) is 5.82 Å². The molecule has 0 aromatic heterocycles. The number of carbonyl (C=O) groups excluding carboxylic acids is 3. The predicted molar refractivity (Wildman–Crippen MR) is 154 cm³/mol. The van der Waals surface area contributed by atoms with Crippen LogP contribution in [-0.4, -0.2) is 80.7 Å². The summed E-state index contributed by atoms with van der Waals surface area (Å²) in [5, 5.41) is 13.2. The summed E-state index contributed by atoms with van der Waals surface area (Å²) in [5.41, 5.74) is 1.91. The van der Waals surface area contributed by atoms with E-state index in [-0.39, 0.29) is 35.4 Å². The average molecular weight is 539 g/mol. The number of amides is 3. The van der Waals surface area contributed by atoms with Crippen molar-refractivity contribution < 1.29 is 19.0 Å². The lowest BCUT2D eigenvalue weighted by molar-refractivity contribution is -0.138. The standard InChI is InChI=1S/C29H45BN5O4/c1-4-25(36)33-27(29(38)35-17-15-34(3)16-18-35)21(2)23-13-11-22(12-14-23)19-32-28(37)26(30-39-20-31)24-9-7-5-6-8-10-24/h11-14,20-21,24,26-27,31H,4-10,15-19H2,1-3H3,(H,32,37)(H,33,36)/t21-,26-,27+/m0/s1. The number of benzene rings is 1. The smallest absolute Gasteiger partial charge is 0.384 e. The minimum atomic E-state index is -0.629. The van der Waals surface area contributed by atoms with Gasteiger partial charge >= 0.3 is 7.48 Å². The van der Waals surface area contributed by atoms with Gasteiger partial charge in [-0.1, -0.05) is 76.6 Å². The van der Waals surface area contributed by atoms with Crippen LogP contribution in [0.1, 0.15) is 75.8 Å². The van der Waals surface area contributed by atoms with Gasteiger partial charge in [-0.2, -0.15) is 0 Å². The Bertz CT molecular complexity index is 944. The summed E-state index contributed by atoms with van der Waals surface area (Å²) in [5.74, 6) is -0.622. The third-order valence-electron chi connectivity index (χ3n) is 8.19. The maximum atomic E-state index is 13.4. The molecule has 1 aromatic carbocycles. The second kappa shape index (κ2) is 15.6. The molecule has 0 spiro atoms. The summed E-state index contributed by atoms with van der Waals surface area (Å²) in [6.45, 7) is 7.10. The van der Waals surface area contributed by atoms with Crippen LogP contribution in [-0.2, 0) is 25.6 Å². The van der Waals surface area contributed by atoms with Crippen molar-refractivity contribution in [3.63, 3.8) is 0 Å². The number of nitrogens with one attached hydrogen (secondary N) is 3. The maximum Gasteiger partial charge on any atom is 0.384 e. The van der Waals surface area contributed by atoms with Gasteiger partial charge in [0.15, 0.2) is 0 Å². The van der Waals surface area contributed by atoms with Crippen molar-refractivity contribution in [3.05, 3.63) is 35.4 Å². The molecule has 1 saturated carbocycles. The van der Waals surface area contributed by atoms with Crippen LogP contribution in [0.3, 0.4) is 0 Å². The van der Waals surface area contributed by atoms with Gasteiger partial charge in [0.25, 0.3) is 0 Å². The van der Waals surface area contributed by atoms with E-state index in [1.807, 2.05) is 43.1 Å². The molecule has 1 aliphatic carbocycles. The Morgan fingerprint density at radius 1 is 1.08 bits per heavy atom. The fourth-order valence-electron chi connectivity index (χ4n) is 5.52. The number of nitrogens with zero attached hydrogens (tertiary/aromatic N) is 2. The van der Waals surface area contributed by atoms with Gasteiger partial charge in [-0.25, -0.2) is 0 Å². The molecular weight excluding hydrogens is 493 g/mol.